The molecule has 0 aliphatic heterocycles. The number of nitrogen functional groups attached to an aromatic ring is 1. The van der Waals surface area contributed by atoms with E-state index in [1.165, 1.54) is 6.33 Å². The fraction of sp³-hybridized carbons (Fsp3) is 0.125. The van der Waals surface area contributed by atoms with Crippen LogP contribution in [0.4, 0.5) is 11.5 Å². The summed E-state index contributed by atoms with van der Waals surface area (Å²) in [7, 11) is 0. The minimum Gasteiger partial charge on any atom is -0.396 e. The Kier molecular flexibility index (Phi) is 2.26. The molecule has 0 bridgehead atoms. The van der Waals surface area contributed by atoms with E-state index in [9.17, 15) is 0 Å². The Bertz CT molecular complexity index is 396. The first-order chi connectivity index (χ1) is 6.86. The van der Waals surface area contributed by atoms with E-state index in [2.05, 4.69) is 25.5 Å². The molecule has 0 unspecified atom stereocenters. The van der Waals surface area contributed by atoms with Crippen molar-refractivity contribution in [1.82, 2.24) is 20.2 Å². The maximum atomic E-state index is 5.69. The van der Waals surface area contributed by atoms with E-state index in [1.807, 2.05) is 0 Å². The zero-order valence-corrected chi connectivity index (χ0v) is 7.44. The van der Waals surface area contributed by atoms with Crippen LogP contribution in [-0.4, -0.2) is 20.2 Å². The van der Waals surface area contributed by atoms with Gasteiger partial charge in [0.25, 0.3) is 0 Å². The summed E-state index contributed by atoms with van der Waals surface area (Å²) in [5, 5.41) is 9.51. The molecule has 72 valence electrons. The normalized spacial score (nSPS) is 10.0. The number of hydrogen-bond acceptors (Lipinski definition) is 5. The maximum absolute atomic E-state index is 5.69. The molecule has 2 heterocycles. The summed E-state index contributed by atoms with van der Waals surface area (Å²) in [6, 6.07) is 3.57. The van der Waals surface area contributed by atoms with Crippen LogP contribution in [0.25, 0.3) is 0 Å². The van der Waals surface area contributed by atoms with Gasteiger partial charge in [0, 0.05) is 6.20 Å². The van der Waals surface area contributed by atoms with Gasteiger partial charge in [0.1, 0.15) is 18.0 Å². The van der Waals surface area contributed by atoms with Gasteiger partial charge in [0.15, 0.2) is 0 Å². The van der Waals surface area contributed by atoms with E-state index in [0.29, 0.717) is 18.1 Å². The summed E-state index contributed by atoms with van der Waals surface area (Å²) >= 11 is 0. The first-order valence-electron chi connectivity index (χ1n) is 4.15. The largest absolute Gasteiger partial charge is 0.396 e. The molecule has 0 amide bonds. The van der Waals surface area contributed by atoms with Crippen molar-refractivity contribution in [2.75, 3.05) is 11.1 Å². The van der Waals surface area contributed by atoms with Gasteiger partial charge >= 0.3 is 0 Å². The number of H-pyrrole nitrogens is 1. The first-order valence-corrected chi connectivity index (χ1v) is 4.15. The molecule has 0 saturated carbocycles. The third kappa shape index (κ3) is 1.79. The van der Waals surface area contributed by atoms with Crippen molar-refractivity contribution < 1.29 is 0 Å². The van der Waals surface area contributed by atoms with Crippen LogP contribution in [0.1, 0.15) is 5.82 Å². The van der Waals surface area contributed by atoms with Crippen molar-refractivity contribution in [3.8, 4) is 0 Å². The lowest BCUT2D eigenvalue weighted by molar-refractivity contribution is 0.948. The van der Waals surface area contributed by atoms with Crippen LogP contribution in [0.2, 0.25) is 0 Å². The van der Waals surface area contributed by atoms with E-state index in [4.69, 9.17) is 5.73 Å². The Morgan fingerprint density at radius 1 is 1.43 bits per heavy atom. The number of nitrogens with two attached hydrogens (primary N) is 1. The fourth-order valence-corrected chi connectivity index (χ4v) is 1.05. The summed E-state index contributed by atoms with van der Waals surface area (Å²) < 4.78 is 0. The van der Waals surface area contributed by atoms with Crippen LogP contribution in [0, 0.1) is 0 Å². The van der Waals surface area contributed by atoms with Gasteiger partial charge in [-0.3, -0.25) is 5.10 Å². The zero-order chi connectivity index (χ0) is 9.80. The molecule has 0 saturated heterocycles. The van der Waals surface area contributed by atoms with Crippen molar-refractivity contribution in [2.24, 2.45) is 0 Å². The van der Waals surface area contributed by atoms with Crippen LogP contribution in [0.15, 0.2) is 24.7 Å². The van der Waals surface area contributed by atoms with E-state index >= 15 is 0 Å². The van der Waals surface area contributed by atoms with Crippen molar-refractivity contribution >= 4 is 11.5 Å². The zero-order valence-electron chi connectivity index (χ0n) is 7.44. The SMILES string of the molecule is Nc1cccnc1NCc1ncn[nH]1. The van der Waals surface area contributed by atoms with Gasteiger partial charge in [-0.05, 0) is 12.1 Å². The molecule has 0 aliphatic rings. The molecule has 0 aliphatic carbocycles. The molecule has 4 N–H and O–H groups in total. The van der Waals surface area contributed by atoms with Crippen molar-refractivity contribution in [2.45, 2.75) is 6.54 Å². The lowest BCUT2D eigenvalue weighted by Gasteiger charge is -2.04. The second kappa shape index (κ2) is 3.73. The van der Waals surface area contributed by atoms with E-state index < -0.39 is 0 Å². The van der Waals surface area contributed by atoms with Gasteiger partial charge in [0.05, 0.1) is 12.2 Å². The van der Waals surface area contributed by atoms with Crippen LogP contribution in [0.5, 0.6) is 0 Å². The summed E-state index contributed by atoms with van der Waals surface area (Å²) in [6.45, 7) is 0.529. The number of nitrogens with one attached hydrogen (secondary N) is 2. The monoisotopic (exact) mass is 190 g/mol. The van der Waals surface area contributed by atoms with E-state index in [-0.39, 0.29) is 0 Å². The predicted octanol–water partition coefficient (Wildman–Crippen LogP) is 0.394. The van der Waals surface area contributed by atoms with Gasteiger partial charge in [0.2, 0.25) is 0 Å². The Morgan fingerprint density at radius 3 is 3.07 bits per heavy atom. The lowest BCUT2D eigenvalue weighted by Crippen LogP contribution is -2.05. The molecule has 0 aromatic carbocycles. The average Bonchev–Trinajstić information content (AvgIpc) is 2.69. The first kappa shape index (κ1) is 8.49. The van der Waals surface area contributed by atoms with Gasteiger partial charge in [-0.25, -0.2) is 9.97 Å². The predicted molar refractivity (Wildman–Crippen MR) is 52.4 cm³/mol. The van der Waals surface area contributed by atoms with Crippen molar-refractivity contribution in [1.29, 1.82) is 0 Å². The lowest BCUT2D eigenvalue weighted by atomic mass is 10.4. The highest BCUT2D eigenvalue weighted by atomic mass is 15.2. The quantitative estimate of drug-likeness (QED) is 0.651. The molecule has 2 aromatic heterocycles. The molecular formula is C8H10N6. The standard InChI is InChI=1S/C8H10N6/c9-6-2-1-3-10-8(6)11-4-7-12-5-13-14-7/h1-3,5H,4,9H2,(H,10,11)(H,12,13,14). The van der Waals surface area contributed by atoms with Crippen LogP contribution in [-0.2, 0) is 6.54 Å². The molecule has 6 nitrogen and oxygen atoms in total. The summed E-state index contributed by atoms with van der Waals surface area (Å²) in [4.78, 5) is 8.04. The number of anilines is 2. The van der Waals surface area contributed by atoms with Gasteiger partial charge in [-0.1, -0.05) is 0 Å². The number of rotatable bonds is 3. The van der Waals surface area contributed by atoms with Gasteiger partial charge in [-0.15, -0.1) is 0 Å². The van der Waals surface area contributed by atoms with Crippen LogP contribution >= 0.6 is 0 Å². The number of nitrogens with zero attached hydrogens (tertiary/aromatic N) is 3. The maximum Gasteiger partial charge on any atom is 0.149 e. The minimum atomic E-state index is 0.529. The average molecular weight is 190 g/mol. The summed E-state index contributed by atoms with van der Waals surface area (Å²) in [5.74, 6) is 1.40. The second-order valence-corrected chi connectivity index (χ2v) is 2.73. The number of hydrogen-bond donors (Lipinski definition) is 3. The van der Waals surface area contributed by atoms with E-state index in [1.54, 1.807) is 18.3 Å². The van der Waals surface area contributed by atoms with Crippen molar-refractivity contribution in [3.05, 3.63) is 30.5 Å². The smallest absolute Gasteiger partial charge is 0.149 e. The summed E-state index contributed by atoms with van der Waals surface area (Å²) in [6.07, 6.45) is 3.14. The molecular weight excluding hydrogens is 180 g/mol. The highest BCUT2D eigenvalue weighted by molar-refractivity contribution is 5.60. The number of aromatic amines is 1. The van der Waals surface area contributed by atoms with Crippen LogP contribution < -0.4 is 11.1 Å². The molecule has 6 heteroatoms. The Hall–Kier alpha value is -2.11. The minimum absolute atomic E-state index is 0.529. The van der Waals surface area contributed by atoms with Gasteiger partial charge < -0.3 is 11.1 Å². The third-order valence-electron chi connectivity index (χ3n) is 1.73. The number of pyridine rings is 1. The van der Waals surface area contributed by atoms with Gasteiger partial charge in [-0.2, -0.15) is 5.10 Å². The number of aromatic nitrogens is 4. The molecule has 2 aromatic rings. The molecule has 0 fully saturated rings. The Balaban J connectivity index is 2.02. The summed E-state index contributed by atoms with van der Waals surface area (Å²) in [5.41, 5.74) is 6.31. The molecule has 14 heavy (non-hydrogen) atoms. The van der Waals surface area contributed by atoms with Crippen LogP contribution in [0.3, 0.4) is 0 Å². The van der Waals surface area contributed by atoms with Crippen molar-refractivity contribution in [3.63, 3.8) is 0 Å². The molecule has 0 atom stereocenters. The third-order valence-corrected chi connectivity index (χ3v) is 1.73. The topological polar surface area (TPSA) is 92.5 Å². The highest BCUT2D eigenvalue weighted by Gasteiger charge is 1.99. The fourth-order valence-electron chi connectivity index (χ4n) is 1.05. The Labute approximate surface area is 80.6 Å². The molecule has 2 rings (SSSR count). The second-order valence-electron chi connectivity index (χ2n) is 2.73. The molecule has 0 spiro atoms. The molecule has 0 radical (unpaired) electrons. The van der Waals surface area contributed by atoms with E-state index in [0.717, 1.165) is 5.82 Å². The Morgan fingerprint density at radius 2 is 2.36 bits per heavy atom. The highest BCUT2D eigenvalue weighted by Crippen LogP contribution is 2.12.